The van der Waals surface area contributed by atoms with E-state index in [-0.39, 0.29) is 0 Å². The summed E-state index contributed by atoms with van der Waals surface area (Å²) >= 11 is 0. The van der Waals surface area contributed by atoms with Crippen molar-refractivity contribution in [2.75, 3.05) is 0 Å². The summed E-state index contributed by atoms with van der Waals surface area (Å²) in [6.07, 6.45) is 2.19. The Kier molecular flexibility index (Phi) is 3.36. The lowest BCUT2D eigenvalue weighted by Crippen LogP contribution is -1.98. The molecule has 0 saturated heterocycles. The molecule has 3 rings (SSSR count). The summed E-state index contributed by atoms with van der Waals surface area (Å²) in [5, 5.41) is 1.31. The number of hydrogen-bond donors (Lipinski definition) is 0. The van der Waals surface area contributed by atoms with Gasteiger partial charge in [-0.2, -0.15) is 0 Å². The molecule has 0 spiro atoms. The third-order valence-electron chi connectivity index (χ3n) is 4.25. The Morgan fingerprint density at radius 1 is 0.857 bits per heavy atom. The van der Waals surface area contributed by atoms with Crippen LogP contribution >= 0.6 is 0 Å². The third kappa shape index (κ3) is 2.37. The van der Waals surface area contributed by atoms with Gasteiger partial charge in [0.2, 0.25) is 0 Å². The summed E-state index contributed by atoms with van der Waals surface area (Å²) in [6, 6.07) is 14.0. The molecule has 0 saturated carbocycles. The van der Waals surface area contributed by atoms with Crippen molar-refractivity contribution >= 4 is 10.9 Å². The van der Waals surface area contributed by atoms with Crippen molar-refractivity contribution in [3.63, 3.8) is 0 Å². The first kappa shape index (κ1) is 13.9. The Morgan fingerprint density at radius 3 is 2.14 bits per heavy atom. The standard InChI is InChI=1S/C20H23N/c1-13(2)21-9-8-17-6-7-18(12-19(17)21)20-15(4)10-14(3)11-16(20)5/h6-13H,1-5H3. The lowest BCUT2D eigenvalue weighted by Gasteiger charge is -2.14. The highest BCUT2D eigenvalue weighted by Crippen LogP contribution is 2.31. The van der Waals surface area contributed by atoms with E-state index in [2.05, 4.69) is 81.8 Å². The minimum atomic E-state index is 0.484. The third-order valence-corrected chi connectivity index (χ3v) is 4.25. The minimum Gasteiger partial charge on any atom is -0.345 e. The zero-order valence-corrected chi connectivity index (χ0v) is 13.6. The van der Waals surface area contributed by atoms with Crippen molar-refractivity contribution < 1.29 is 0 Å². The first-order chi connectivity index (χ1) is 9.97. The number of aromatic nitrogens is 1. The fourth-order valence-corrected chi connectivity index (χ4v) is 3.39. The minimum absolute atomic E-state index is 0.484. The number of nitrogens with zero attached hydrogens (tertiary/aromatic N) is 1. The van der Waals surface area contributed by atoms with Crippen molar-refractivity contribution in [3.8, 4) is 11.1 Å². The number of hydrogen-bond acceptors (Lipinski definition) is 0. The van der Waals surface area contributed by atoms with E-state index < -0.39 is 0 Å². The topological polar surface area (TPSA) is 4.93 Å². The molecule has 1 nitrogen and oxygen atoms in total. The van der Waals surface area contributed by atoms with Crippen LogP contribution in [0.4, 0.5) is 0 Å². The maximum Gasteiger partial charge on any atom is 0.0488 e. The fraction of sp³-hybridized carbons (Fsp3) is 0.300. The predicted octanol–water partition coefficient (Wildman–Crippen LogP) is 5.81. The molecule has 21 heavy (non-hydrogen) atoms. The molecule has 0 unspecified atom stereocenters. The Hall–Kier alpha value is -2.02. The number of aryl methyl sites for hydroxylation is 3. The van der Waals surface area contributed by atoms with Crippen LogP contribution in [0, 0.1) is 20.8 Å². The monoisotopic (exact) mass is 277 g/mol. The van der Waals surface area contributed by atoms with E-state index in [1.165, 1.54) is 38.7 Å². The van der Waals surface area contributed by atoms with E-state index in [1.54, 1.807) is 0 Å². The second kappa shape index (κ2) is 5.07. The van der Waals surface area contributed by atoms with Gasteiger partial charge >= 0.3 is 0 Å². The van der Waals surface area contributed by atoms with Gasteiger partial charge in [-0.1, -0.05) is 29.8 Å². The van der Waals surface area contributed by atoms with Crippen molar-refractivity contribution in [2.24, 2.45) is 0 Å². The molecule has 0 bridgehead atoms. The second-order valence-corrected chi connectivity index (χ2v) is 6.36. The molecule has 0 aliphatic heterocycles. The van der Waals surface area contributed by atoms with Crippen LogP contribution in [0.3, 0.4) is 0 Å². The summed E-state index contributed by atoms with van der Waals surface area (Å²) in [5.41, 5.74) is 8.06. The van der Waals surface area contributed by atoms with Gasteiger partial charge in [0, 0.05) is 17.8 Å². The quantitative estimate of drug-likeness (QED) is 0.556. The van der Waals surface area contributed by atoms with Gasteiger partial charge in [-0.15, -0.1) is 0 Å². The van der Waals surface area contributed by atoms with Gasteiger partial charge in [0.1, 0.15) is 0 Å². The molecule has 0 atom stereocenters. The molecule has 0 aliphatic rings. The average Bonchev–Trinajstić information content (AvgIpc) is 2.80. The molecule has 3 aromatic rings. The molecule has 2 aromatic carbocycles. The van der Waals surface area contributed by atoms with E-state index in [0.29, 0.717) is 6.04 Å². The summed E-state index contributed by atoms with van der Waals surface area (Å²) in [5.74, 6) is 0. The molecule has 1 heteroatoms. The zero-order chi connectivity index (χ0) is 15.1. The van der Waals surface area contributed by atoms with Crippen LogP contribution in [0.1, 0.15) is 36.6 Å². The van der Waals surface area contributed by atoms with Crippen LogP contribution in [0.2, 0.25) is 0 Å². The molecule has 0 aliphatic carbocycles. The largest absolute Gasteiger partial charge is 0.345 e. The SMILES string of the molecule is Cc1cc(C)c(-c2ccc3ccn(C(C)C)c3c2)c(C)c1. The lowest BCUT2D eigenvalue weighted by molar-refractivity contribution is 0.623. The van der Waals surface area contributed by atoms with Gasteiger partial charge in [-0.3, -0.25) is 0 Å². The van der Waals surface area contributed by atoms with Crippen molar-refractivity contribution in [2.45, 2.75) is 40.7 Å². The maximum absolute atomic E-state index is 2.34. The second-order valence-electron chi connectivity index (χ2n) is 6.36. The highest BCUT2D eigenvalue weighted by Gasteiger charge is 2.10. The molecule has 0 amide bonds. The Balaban J connectivity index is 2.24. The van der Waals surface area contributed by atoms with E-state index >= 15 is 0 Å². The van der Waals surface area contributed by atoms with E-state index in [4.69, 9.17) is 0 Å². The van der Waals surface area contributed by atoms with Crippen LogP contribution in [0.15, 0.2) is 42.6 Å². The lowest BCUT2D eigenvalue weighted by atomic mass is 9.93. The normalized spacial score (nSPS) is 11.5. The zero-order valence-electron chi connectivity index (χ0n) is 13.6. The van der Waals surface area contributed by atoms with E-state index in [1.807, 2.05) is 0 Å². The highest BCUT2D eigenvalue weighted by atomic mass is 15.0. The van der Waals surface area contributed by atoms with Gasteiger partial charge in [-0.05, 0) is 74.4 Å². The van der Waals surface area contributed by atoms with Crippen LogP contribution in [-0.2, 0) is 0 Å². The molecular weight excluding hydrogens is 254 g/mol. The van der Waals surface area contributed by atoms with Gasteiger partial charge in [-0.25, -0.2) is 0 Å². The number of fused-ring (bicyclic) bond motifs is 1. The fourth-order valence-electron chi connectivity index (χ4n) is 3.39. The van der Waals surface area contributed by atoms with Gasteiger partial charge in [0.25, 0.3) is 0 Å². The smallest absolute Gasteiger partial charge is 0.0488 e. The molecule has 0 fully saturated rings. The number of benzene rings is 2. The predicted molar refractivity (Wildman–Crippen MR) is 92.0 cm³/mol. The molecule has 0 radical (unpaired) electrons. The van der Waals surface area contributed by atoms with E-state index in [0.717, 1.165) is 0 Å². The molecule has 1 aromatic heterocycles. The summed E-state index contributed by atoms with van der Waals surface area (Å²) < 4.78 is 2.34. The molecule has 1 heterocycles. The first-order valence-corrected chi connectivity index (χ1v) is 7.66. The van der Waals surface area contributed by atoms with Crippen molar-refractivity contribution in [1.29, 1.82) is 0 Å². The Labute approximate surface area is 127 Å². The van der Waals surface area contributed by atoms with Crippen molar-refractivity contribution in [3.05, 3.63) is 59.3 Å². The maximum atomic E-state index is 2.34. The van der Waals surface area contributed by atoms with Crippen LogP contribution in [0.25, 0.3) is 22.0 Å². The Bertz CT molecular complexity index is 783. The van der Waals surface area contributed by atoms with Crippen LogP contribution in [0.5, 0.6) is 0 Å². The molecule has 0 N–H and O–H groups in total. The van der Waals surface area contributed by atoms with Crippen molar-refractivity contribution in [1.82, 2.24) is 4.57 Å². The highest BCUT2D eigenvalue weighted by molar-refractivity contribution is 5.87. The Morgan fingerprint density at radius 2 is 1.52 bits per heavy atom. The average molecular weight is 277 g/mol. The van der Waals surface area contributed by atoms with Gasteiger partial charge in [0.05, 0.1) is 0 Å². The summed E-state index contributed by atoms with van der Waals surface area (Å²) in [4.78, 5) is 0. The first-order valence-electron chi connectivity index (χ1n) is 7.66. The molecular formula is C20H23N. The molecule has 108 valence electrons. The van der Waals surface area contributed by atoms with Crippen LogP contribution < -0.4 is 0 Å². The van der Waals surface area contributed by atoms with Gasteiger partial charge in [0.15, 0.2) is 0 Å². The van der Waals surface area contributed by atoms with Crippen LogP contribution in [-0.4, -0.2) is 4.57 Å². The van der Waals surface area contributed by atoms with E-state index in [9.17, 15) is 0 Å². The summed E-state index contributed by atoms with van der Waals surface area (Å²) in [7, 11) is 0. The number of rotatable bonds is 2. The van der Waals surface area contributed by atoms with Gasteiger partial charge < -0.3 is 4.57 Å². The summed E-state index contributed by atoms with van der Waals surface area (Å²) in [6.45, 7) is 11.0.